The third-order valence-electron chi connectivity index (χ3n) is 4.09. The Bertz CT molecular complexity index is 387. The van der Waals surface area contributed by atoms with E-state index in [1.807, 2.05) is 30.3 Å². The van der Waals surface area contributed by atoms with E-state index in [1.54, 1.807) is 0 Å². The number of benzene rings is 1. The smallest absolute Gasteiger partial charge is 0.314 e. The van der Waals surface area contributed by atoms with E-state index in [9.17, 15) is 4.79 Å². The molecule has 0 bridgehead atoms. The van der Waals surface area contributed by atoms with Gasteiger partial charge in [-0.25, -0.2) is 0 Å². The minimum absolute atomic E-state index is 0.180. The predicted molar refractivity (Wildman–Crippen MR) is 82.7 cm³/mol. The van der Waals surface area contributed by atoms with Gasteiger partial charge in [0.05, 0.1) is 13.0 Å². The van der Waals surface area contributed by atoms with Gasteiger partial charge in [0.1, 0.15) is 0 Å². The topological polar surface area (TPSA) is 38.3 Å². The first-order valence-electron chi connectivity index (χ1n) is 7.50. The molecule has 1 N–H and O–H groups in total. The third-order valence-corrected chi connectivity index (χ3v) is 4.09. The van der Waals surface area contributed by atoms with Gasteiger partial charge in [-0.05, 0) is 18.4 Å². The van der Waals surface area contributed by atoms with Crippen LogP contribution in [0.25, 0.3) is 0 Å². The Morgan fingerprint density at radius 2 is 1.80 bits per heavy atom. The standard InChI is InChI=1S/C17H27NO2/c1-5-14(6-2)13(3)18-12-16(17(19)20-4)15-10-8-7-9-11-15/h7-11,13-14,16,18H,5-6,12H2,1-4H3. The molecule has 3 nitrogen and oxygen atoms in total. The number of hydrogen-bond acceptors (Lipinski definition) is 3. The van der Waals surface area contributed by atoms with Crippen LogP contribution in [0.2, 0.25) is 0 Å². The quantitative estimate of drug-likeness (QED) is 0.740. The largest absolute Gasteiger partial charge is 0.469 e. The number of rotatable bonds is 8. The highest BCUT2D eigenvalue weighted by molar-refractivity contribution is 5.78. The summed E-state index contributed by atoms with van der Waals surface area (Å²) >= 11 is 0. The van der Waals surface area contributed by atoms with Crippen LogP contribution in [0.4, 0.5) is 0 Å². The Kier molecular flexibility index (Phi) is 7.31. The summed E-state index contributed by atoms with van der Waals surface area (Å²) in [5.74, 6) is 0.225. The minimum atomic E-state index is -0.238. The van der Waals surface area contributed by atoms with Crippen molar-refractivity contribution in [3.05, 3.63) is 35.9 Å². The Hall–Kier alpha value is -1.35. The second-order valence-electron chi connectivity index (χ2n) is 5.26. The Balaban J connectivity index is 2.70. The third kappa shape index (κ3) is 4.64. The highest BCUT2D eigenvalue weighted by atomic mass is 16.5. The molecule has 0 aliphatic carbocycles. The molecule has 0 aliphatic rings. The number of carbonyl (C=O) groups excluding carboxylic acids is 1. The normalized spacial score (nSPS) is 14.1. The van der Waals surface area contributed by atoms with Gasteiger partial charge in [-0.3, -0.25) is 4.79 Å². The first kappa shape index (κ1) is 16.7. The van der Waals surface area contributed by atoms with Gasteiger partial charge < -0.3 is 10.1 Å². The fourth-order valence-corrected chi connectivity index (χ4v) is 2.63. The lowest BCUT2D eigenvalue weighted by atomic mass is 9.94. The van der Waals surface area contributed by atoms with Crippen LogP contribution in [0.5, 0.6) is 0 Å². The molecule has 2 unspecified atom stereocenters. The van der Waals surface area contributed by atoms with Crippen molar-refractivity contribution in [3.63, 3.8) is 0 Å². The number of nitrogens with one attached hydrogen (secondary N) is 1. The van der Waals surface area contributed by atoms with Crippen LogP contribution in [0.3, 0.4) is 0 Å². The average Bonchev–Trinajstić information content (AvgIpc) is 2.49. The second kappa shape index (κ2) is 8.75. The summed E-state index contributed by atoms with van der Waals surface area (Å²) in [6.45, 7) is 7.23. The van der Waals surface area contributed by atoms with E-state index < -0.39 is 0 Å². The van der Waals surface area contributed by atoms with Gasteiger partial charge in [0.25, 0.3) is 0 Å². The maximum Gasteiger partial charge on any atom is 0.314 e. The predicted octanol–water partition coefficient (Wildman–Crippen LogP) is 3.36. The van der Waals surface area contributed by atoms with Crippen LogP contribution in [0, 0.1) is 5.92 Å². The van der Waals surface area contributed by atoms with Crippen molar-refractivity contribution in [2.24, 2.45) is 5.92 Å². The summed E-state index contributed by atoms with van der Waals surface area (Å²) in [4.78, 5) is 12.0. The molecule has 0 aromatic heterocycles. The Labute approximate surface area is 122 Å². The van der Waals surface area contributed by atoms with Gasteiger partial charge in [-0.15, -0.1) is 0 Å². The van der Waals surface area contributed by atoms with E-state index in [0.29, 0.717) is 18.5 Å². The SMILES string of the molecule is CCC(CC)C(C)NCC(C(=O)OC)c1ccccc1. The molecular weight excluding hydrogens is 250 g/mol. The number of esters is 1. The first-order valence-corrected chi connectivity index (χ1v) is 7.50. The van der Waals surface area contributed by atoms with E-state index >= 15 is 0 Å². The summed E-state index contributed by atoms with van der Waals surface area (Å²) in [5.41, 5.74) is 1.00. The maximum atomic E-state index is 12.0. The Morgan fingerprint density at radius 1 is 1.20 bits per heavy atom. The van der Waals surface area contributed by atoms with Crippen LogP contribution >= 0.6 is 0 Å². The lowest BCUT2D eigenvalue weighted by molar-refractivity contribution is -0.142. The molecule has 2 atom stereocenters. The molecule has 1 aromatic rings. The molecule has 1 aromatic carbocycles. The molecule has 0 saturated heterocycles. The van der Waals surface area contributed by atoms with Crippen molar-refractivity contribution in [2.45, 2.75) is 45.6 Å². The average molecular weight is 277 g/mol. The summed E-state index contributed by atoms with van der Waals surface area (Å²) in [5, 5.41) is 3.50. The van der Waals surface area contributed by atoms with Gasteiger partial charge in [0.15, 0.2) is 0 Å². The lowest BCUT2D eigenvalue weighted by Gasteiger charge is -2.25. The number of ether oxygens (including phenoxy) is 1. The molecule has 0 radical (unpaired) electrons. The molecular formula is C17H27NO2. The maximum absolute atomic E-state index is 12.0. The van der Waals surface area contributed by atoms with E-state index in [0.717, 1.165) is 18.4 Å². The van der Waals surface area contributed by atoms with Crippen LogP contribution in [0.1, 0.15) is 45.1 Å². The van der Waals surface area contributed by atoms with Crippen LogP contribution in [-0.2, 0) is 9.53 Å². The van der Waals surface area contributed by atoms with Gasteiger partial charge in [-0.1, -0.05) is 57.0 Å². The number of methoxy groups -OCH3 is 1. The monoisotopic (exact) mass is 277 g/mol. The summed E-state index contributed by atoms with van der Waals surface area (Å²) in [6, 6.07) is 10.2. The molecule has 0 spiro atoms. The van der Waals surface area contributed by atoms with Crippen molar-refractivity contribution >= 4 is 5.97 Å². The van der Waals surface area contributed by atoms with E-state index in [1.165, 1.54) is 7.11 Å². The number of hydrogen-bond donors (Lipinski definition) is 1. The second-order valence-corrected chi connectivity index (χ2v) is 5.26. The number of carbonyl (C=O) groups is 1. The molecule has 0 aliphatic heterocycles. The van der Waals surface area contributed by atoms with Gasteiger partial charge in [0, 0.05) is 12.6 Å². The van der Waals surface area contributed by atoms with Crippen LogP contribution in [-0.4, -0.2) is 25.7 Å². The van der Waals surface area contributed by atoms with Gasteiger partial charge >= 0.3 is 5.97 Å². The molecule has 0 amide bonds. The molecule has 0 heterocycles. The fourth-order valence-electron chi connectivity index (χ4n) is 2.63. The van der Waals surface area contributed by atoms with E-state index in [4.69, 9.17) is 4.74 Å². The van der Waals surface area contributed by atoms with Crippen LogP contribution in [0.15, 0.2) is 30.3 Å². The molecule has 0 fully saturated rings. The van der Waals surface area contributed by atoms with Crippen molar-refractivity contribution in [1.82, 2.24) is 5.32 Å². The molecule has 0 saturated carbocycles. The van der Waals surface area contributed by atoms with Crippen molar-refractivity contribution in [1.29, 1.82) is 0 Å². The van der Waals surface area contributed by atoms with Crippen molar-refractivity contribution < 1.29 is 9.53 Å². The molecule has 20 heavy (non-hydrogen) atoms. The van der Waals surface area contributed by atoms with E-state index in [2.05, 4.69) is 26.1 Å². The summed E-state index contributed by atoms with van der Waals surface area (Å²) in [6.07, 6.45) is 2.30. The minimum Gasteiger partial charge on any atom is -0.469 e. The first-order chi connectivity index (χ1) is 9.63. The zero-order chi connectivity index (χ0) is 15.0. The van der Waals surface area contributed by atoms with Crippen LogP contribution < -0.4 is 5.32 Å². The highest BCUT2D eigenvalue weighted by Crippen LogP contribution is 2.18. The Morgan fingerprint density at radius 3 is 2.30 bits per heavy atom. The molecule has 1 rings (SSSR count). The van der Waals surface area contributed by atoms with E-state index in [-0.39, 0.29) is 11.9 Å². The lowest BCUT2D eigenvalue weighted by Crippen LogP contribution is -2.38. The van der Waals surface area contributed by atoms with Crippen molar-refractivity contribution in [3.8, 4) is 0 Å². The highest BCUT2D eigenvalue weighted by Gasteiger charge is 2.23. The zero-order valence-electron chi connectivity index (χ0n) is 13.1. The zero-order valence-corrected chi connectivity index (χ0v) is 13.1. The van der Waals surface area contributed by atoms with Gasteiger partial charge in [0.2, 0.25) is 0 Å². The molecule has 112 valence electrons. The van der Waals surface area contributed by atoms with Crippen molar-refractivity contribution in [2.75, 3.05) is 13.7 Å². The van der Waals surface area contributed by atoms with Gasteiger partial charge in [-0.2, -0.15) is 0 Å². The summed E-state index contributed by atoms with van der Waals surface area (Å²) in [7, 11) is 1.45. The summed E-state index contributed by atoms with van der Waals surface area (Å²) < 4.78 is 4.93. The molecule has 3 heteroatoms. The fraction of sp³-hybridized carbons (Fsp3) is 0.588.